The SMILES string of the molecule is O=C(Nc1ccccc1C(=O)N1CCCC1)C1CCN(S(=O)(=O)Cc2cccc(Br)c2)CC1. The molecule has 7 nitrogen and oxygen atoms in total. The van der Waals surface area contributed by atoms with E-state index in [1.807, 2.05) is 17.0 Å². The Bertz CT molecular complexity index is 1120. The lowest BCUT2D eigenvalue weighted by molar-refractivity contribution is -0.120. The zero-order valence-electron chi connectivity index (χ0n) is 18.4. The van der Waals surface area contributed by atoms with Gasteiger partial charge in [-0.15, -0.1) is 0 Å². The number of para-hydroxylation sites is 1. The van der Waals surface area contributed by atoms with Crippen molar-refractivity contribution < 1.29 is 18.0 Å². The van der Waals surface area contributed by atoms with E-state index in [0.29, 0.717) is 37.2 Å². The van der Waals surface area contributed by atoms with Crippen LogP contribution in [0.5, 0.6) is 0 Å². The van der Waals surface area contributed by atoms with Crippen molar-refractivity contribution in [2.75, 3.05) is 31.5 Å². The van der Waals surface area contributed by atoms with Gasteiger partial charge in [-0.1, -0.05) is 40.2 Å². The molecular weight excluding hydrogens is 506 g/mol. The van der Waals surface area contributed by atoms with Crippen molar-refractivity contribution in [3.8, 4) is 0 Å². The third kappa shape index (κ3) is 5.83. The van der Waals surface area contributed by atoms with E-state index in [-0.39, 0.29) is 23.5 Å². The van der Waals surface area contributed by atoms with Crippen LogP contribution in [-0.4, -0.2) is 55.6 Å². The van der Waals surface area contributed by atoms with Crippen molar-refractivity contribution in [3.63, 3.8) is 0 Å². The van der Waals surface area contributed by atoms with Gasteiger partial charge in [0.25, 0.3) is 5.91 Å². The van der Waals surface area contributed by atoms with Crippen LogP contribution in [0.3, 0.4) is 0 Å². The minimum absolute atomic E-state index is 0.0585. The van der Waals surface area contributed by atoms with Gasteiger partial charge in [0.05, 0.1) is 17.0 Å². The van der Waals surface area contributed by atoms with Gasteiger partial charge in [0, 0.05) is 36.6 Å². The number of rotatable bonds is 6. The molecule has 0 spiro atoms. The summed E-state index contributed by atoms with van der Waals surface area (Å²) in [7, 11) is -3.46. The third-order valence-corrected chi connectivity index (χ3v) is 8.61. The highest BCUT2D eigenvalue weighted by Crippen LogP contribution is 2.26. The van der Waals surface area contributed by atoms with Crippen LogP contribution >= 0.6 is 15.9 Å². The van der Waals surface area contributed by atoms with Crippen molar-refractivity contribution in [2.45, 2.75) is 31.4 Å². The van der Waals surface area contributed by atoms with E-state index in [2.05, 4.69) is 21.2 Å². The van der Waals surface area contributed by atoms with Crippen molar-refractivity contribution >= 4 is 43.5 Å². The van der Waals surface area contributed by atoms with Crippen LogP contribution in [0.4, 0.5) is 5.69 Å². The number of carbonyl (C=O) groups excluding carboxylic acids is 2. The molecule has 2 saturated heterocycles. The Morgan fingerprint density at radius 2 is 1.67 bits per heavy atom. The quantitative estimate of drug-likeness (QED) is 0.610. The molecule has 9 heteroatoms. The van der Waals surface area contributed by atoms with E-state index in [9.17, 15) is 18.0 Å². The normalized spacial score (nSPS) is 17.8. The Morgan fingerprint density at radius 1 is 0.970 bits per heavy atom. The van der Waals surface area contributed by atoms with Crippen molar-refractivity contribution in [1.82, 2.24) is 9.21 Å². The predicted molar refractivity (Wildman–Crippen MR) is 131 cm³/mol. The second kappa shape index (κ2) is 10.4. The van der Waals surface area contributed by atoms with Gasteiger partial charge in [0.15, 0.2) is 0 Å². The number of sulfonamides is 1. The van der Waals surface area contributed by atoms with E-state index in [1.54, 1.807) is 36.4 Å². The van der Waals surface area contributed by atoms with E-state index in [1.165, 1.54) is 4.31 Å². The third-order valence-electron chi connectivity index (χ3n) is 6.26. The highest BCUT2D eigenvalue weighted by atomic mass is 79.9. The maximum absolute atomic E-state index is 12.9. The molecule has 0 unspecified atom stereocenters. The Kier molecular flexibility index (Phi) is 7.51. The number of nitrogens with zero attached hydrogens (tertiary/aromatic N) is 2. The topological polar surface area (TPSA) is 86.8 Å². The predicted octanol–water partition coefficient (Wildman–Crippen LogP) is 3.87. The van der Waals surface area contributed by atoms with Crippen LogP contribution in [0.1, 0.15) is 41.6 Å². The molecule has 0 bridgehead atoms. The van der Waals surface area contributed by atoms with E-state index >= 15 is 0 Å². The second-order valence-corrected chi connectivity index (χ2v) is 11.5. The monoisotopic (exact) mass is 533 g/mol. The number of amides is 2. The number of likely N-dealkylation sites (tertiary alicyclic amines) is 1. The summed E-state index contributed by atoms with van der Waals surface area (Å²) in [6.07, 6.45) is 2.91. The summed E-state index contributed by atoms with van der Waals surface area (Å²) >= 11 is 3.37. The van der Waals surface area contributed by atoms with Crippen LogP contribution in [0.25, 0.3) is 0 Å². The molecule has 2 aliphatic rings. The van der Waals surface area contributed by atoms with E-state index in [4.69, 9.17) is 0 Å². The van der Waals surface area contributed by atoms with Gasteiger partial charge in [-0.05, 0) is 55.5 Å². The lowest BCUT2D eigenvalue weighted by Crippen LogP contribution is -2.42. The Morgan fingerprint density at radius 3 is 2.36 bits per heavy atom. The summed E-state index contributed by atoms with van der Waals surface area (Å²) < 4.78 is 28.0. The van der Waals surface area contributed by atoms with Gasteiger partial charge in [-0.3, -0.25) is 9.59 Å². The summed E-state index contributed by atoms with van der Waals surface area (Å²) in [6.45, 7) is 2.10. The summed E-state index contributed by atoms with van der Waals surface area (Å²) in [5, 5.41) is 2.92. The van der Waals surface area contributed by atoms with Gasteiger partial charge in [0.2, 0.25) is 15.9 Å². The summed E-state index contributed by atoms with van der Waals surface area (Å²) in [5.41, 5.74) is 1.74. The average Bonchev–Trinajstić information content (AvgIpc) is 3.34. The van der Waals surface area contributed by atoms with Crippen LogP contribution in [0, 0.1) is 5.92 Å². The van der Waals surface area contributed by atoms with Gasteiger partial charge < -0.3 is 10.2 Å². The molecule has 2 heterocycles. The van der Waals surface area contributed by atoms with Crippen LogP contribution in [0.2, 0.25) is 0 Å². The molecule has 0 saturated carbocycles. The summed E-state index contributed by atoms with van der Waals surface area (Å²) in [5.74, 6) is -0.579. The van der Waals surface area contributed by atoms with Crippen LogP contribution in [-0.2, 0) is 20.6 Å². The molecule has 176 valence electrons. The summed E-state index contributed by atoms with van der Waals surface area (Å²) in [6, 6.07) is 14.4. The molecule has 0 radical (unpaired) electrons. The Balaban J connectivity index is 1.36. The summed E-state index contributed by atoms with van der Waals surface area (Å²) in [4.78, 5) is 27.6. The molecule has 4 rings (SSSR count). The maximum atomic E-state index is 12.9. The molecule has 2 aliphatic heterocycles. The number of nitrogens with one attached hydrogen (secondary N) is 1. The van der Waals surface area contributed by atoms with Crippen molar-refractivity contribution in [2.24, 2.45) is 5.92 Å². The lowest BCUT2D eigenvalue weighted by Gasteiger charge is -2.30. The Hall–Kier alpha value is -2.23. The molecule has 2 aromatic carbocycles. The fourth-order valence-corrected chi connectivity index (χ4v) is 6.43. The number of carbonyl (C=O) groups is 2. The second-order valence-electron chi connectivity index (χ2n) is 8.59. The minimum atomic E-state index is -3.46. The first-order chi connectivity index (χ1) is 15.8. The number of benzene rings is 2. The fourth-order valence-electron chi connectivity index (χ4n) is 4.43. The van der Waals surface area contributed by atoms with Crippen LogP contribution < -0.4 is 5.32 Å². The highest BCUT2D eigenvalue weighted by molar-refractivity contribution is 9.10. The average molecular weight is 534 g/mol. The van der Waals surface area contributed by atoms with Gasteiger partial charge >= 0.3 is 0 Å². The lowest BCUT2D eigenvalue weighted by atomic mass is 9.97. The smallest absolute Gasteiger partial charge is 0.255 e. The zero-order chi connectivity index (χ0) is 23.4. The van der Waals surface area contributed by atoms with Gasteiger partial charge in [0.1, 0.15) is 0 Å². The molecular formula is C24H28BrN3O4S. The first-order valence-corrected chi connectivity index (χ1v) is 13.6. The number of piperidine rings is 1. The first kappa shape index (κ1) is 23.9. The highest BCUT2D eigenvalue weighted by Gasteiger charge is 2.32. The number of hydrogen-bond acceptors (Lipinski definition) is 4. The van der Waals surface area contributed by atoms with Crippen molar-refractivity contribution in [3.05, 3.63) is 64.1 Å². The Labute approximate surface area is 203 Å². The van der Waals surface area contributed by atoms with E-state index < -0.39 is 10.0 Å². The zero-order valence-corrected chi connectivity index (χ0v) is 20.8. The fraction of sp³-hybridized carbons (Fsp3) is 0.417. The van der Waals surface area contributed by atoms with E-state index in [0.717, 1.165) is 36.0 Å². The first-order valence-electron chi connectivity index (χ1n) is 11.2. The standard InChI is InChI=1S/C24H28BrN3O4S/c25-20-7-5-6-18(16-20)17-33(31,32)28-14-10-19(11-15-28)23(29)26-22-9-2-1-8-21(22)24(30)27-12-3-4-13-27/h1-2,5-9,16,19H,3-4,10-15,17H2,(H,26,29). The van der Waals surface area contributed by atoms with Gasteiger partial charge in [-0.25, -0.2) is 12.7 Å². The molecule has 2 aromatic rings. The van der Waals surface area contributed by atoms with Crippen molar-refractivity contribution in [1.29, 1.82) is 0 Å². The maximum Gasteiger partial charge on any atom is 0.255 e. The van der Waals surface area contributed by atoms with Crippen LogP contribution in [0.15, 0.2) is 53.0 Å². The molecule has 1 N–H and O–H groups in total. The number of hydrogen-bond donors (Lipinski definition) is 1. The minimum Gasteiger partial charge on any atom is -0.339 e. The molecule has 33 heavy (non-hydrogen) atoms. The molecule has 2 amide bonds. The molecule has 0 aliphatic carbocycles. The molecule has 0 atom stereocenters. The molecule has 0 aromatic heterocycles. The molecule has 2 fully saturated rings. The number of halogens is 1. The number of anilines is 1. The van der Waals surface area contributed by atoms with Gasteiger partial charge in [-0.2, -0.15) is 0 Å². The largest absolute Gasteiger partial charge is 0.339 e.